The molecule has 0 N–H and O–H groups in total. The summed E-state index contributed by atoms with van der Waals surface area (Å²) in [6.07, 6.45) is 2.50. The number of furan rings is 1. The SMILES string of the molecule is C[C@H]1C[C@H]1c1ccc(C=C2C(=O)N(C)C(=O)N(C)C2=O)o1. The number of hydrogen-bond donors (Lipinski definition) is 0. The Labute approximate surface area is 122 Å². The first-order valence-electron chi connectivity index (χ1n) is 6.81. The maximum Gasteiger partial charge on any atom is 0.333 e. The van der Waals surface area contributed by atoms with Crippen molar-refractivity contribution in [2.24, 2.45) is 5.92 Å². The number of barbiturate groups is 1. The van der Waals surface area contributed by atoms with E-state index in [0.717, 1.165) is 22.0 Å². The molecule has 0 radical (unpaired) electrons. The lowest BCUT2D eigenvalue weighted by Gasteiger charge is -2.28. The molecule has 1 saturated carbocycles. The topological polar surface area (TPSA) is 70.8 Å². The van der Waals surface area contributed by atoms with Crippen molar-refractivity contribution in [3.8, 4) is 0 Å². The Morgan fingerprint density at radius 3 is 2.24 bits per heavy atom. The average Bonchev–Trinajstić information content (AvgIpc) is 3.01. The van der Waals surface area contributed by atoms with Gasteiger partial charge in [0.05, 0.1) is 0 Å². The highest BCUT2D eigenvalue weighted by Crippen LogP contribution is 2.47. The highest BCUT2D eigenvalue weighted by Gasteiger charge is 2.39. The number of likely N-dealkylation sites (N-methyl/N-ethyl adjacent to an activating group) is 2. The Morgan fingerprint density at radius 1 is 1.14 bits per heavy atom. The molecule has 2 aliphatic rings. The molecule has 2 fully saturated rings. The zero-order chi connectivity index (χ0) is 15.3. The van der Waals surface area contributed by atoms with E-state index in [-0.39, 0.29) is 5.57 Å². The monoisotopic (exact) mass is 288 g/mol. The van der Waals surface area contributed by atoms with Gasteiger partial charge in [-0.05, 0) is 30.5 Å². The quantitative estimate of drug-likeness (QED) is 0.615. The van der Waals surface area contributed by atoms with Crippen LogP contribution in [0.1, 0.15) is 30.8 Å². The minimum Gasteiger partial charge on any atom is -0.461 e. The number of nitrogens with zero attached hydrogens (tertiary/aromatic N) is 2. The van der Waals surface area contributed by atoms with Crippen LogP contribution in [0.2, 0.25) is 0 Å². The number of amides is 4. The summed E-state index contributed by atoms with van der Waals surface area (Å²) in [5, 5.41) is 0. The molecule has 3 rings (SSSR count). The van der Waals surface area contributed by atoms with Crippen molar-refractivity contribution in [2.75, 3.05) is 14.1 Å². The molecule has 1 aromatic heterocycles. The minimum atomic E-state index is -0.630. The fourth-order valence-corrected chi connectivity index (χ4v) is 2.48. The molecule has 1 saturated heterocycles. The molecule has 4 amide bonds. The molecule has 1 aromatic rings. The number of rotatable bonds is 2. The van der Waals surface area contributed by atoms with Gasteiger partial charge in [-0.15, -0.1) is 0 Å². The van der Waals surface area contributed by atoms with E-state index in [9.17, 15) is 14.4 Å². The molecule has 6 heteroatoms. The van der Waals surface area contributed by atoms with E-state index < -0.39 is 17.8 Å². The molecule has 2 heterocycles. The summed E-state index contributed by atoms with van der Waals surface area (Å²) in [5.41, 5.74) is -0.0654. The van der Waals surface area contributed by atoms with Crippen LogP contribution in [0, 0.1) is 5.92 Å². The molecule has 0 unspecified atom stereocenters. The summed E-state index contributed by atoms with van der Waals surface area (Å²) < 4.78 is 5.67. The molecule has 6 nitrogen and oxygen atoms in total. The lowest BCUT2D eigenvalue weighted by Crippen LogP contribution is -2.52. The molecule has 1 aliphatic heterocycles. The third kappa shape index (κ3) is 2.16. The lowest BCUT2D eigenvalue weighted by molar-refractivity contribution is -0.134. The van der Waals surface area contributed by atoms with Gasteiger partial charge >= 0.3 is 6.03 Å². The predicted molar refractivity (Wildman–Crippen MR) is 74.1 cm³/mol. The van der Waals surface area contributed by atoms with Crippen LogP contribution in [0.4, 0.5) is 4.79 Å². The summed E-state index contributed by atoms with van der Waals surface area (Å²) in [4.78, 5) is 37.6. The van der Waals surface area contributed by atoms with Crippen LogP contribution in [0.25, 0.3) is 6.08 Å². The first-order chi connectivity index (χ1) is 9.90. The van der Waals surface area contributed by atoms with Crippen molar-refractivity contribution in [1.82, 2.24) is 9.80 Å². The molecule has 21 heavy (non-hydrogen) atoms. The van der Waals surface area contributed by atoms with Crippen molar-refractivity contribution in [3.05, 3.63) is 29.2 Å². The van der Waals surface area contributed by atoms with Crippen molar-refractivity contribution in [2.45, 2.75) is 19.3 Å². The number of carbonyl (C=O) groups is 3. The van der Waals surface area contributed by atoms with Gasteiger partial charge in [0.15, 0.2) is 0 Å². The molecule has 0 aromatic carbocycles. The Hall–Kier alpha value is -2.37. The summed E-state index contributed by atoms with van der Waals surface area (Å²) in [7, 11) is 2.70. The second kappa shape index (κ2) is 4.58. The smallest absolute Gasteiger partial charge is 0.333 e. The van der Waals surface area contributed by atoms with Gasteiger partial charge in [-0.25, -0.2) is 4.79 Å². The van der Waals surface area contributed by atoms with Crippen LogP contribution < -0.4 is 0 Å². The van der Waals surface area contributed by atoms with Crippen LogP contribution in [0.5, 0.6) is 0 Å². The number of urea groups is 1. The third-order valence-corrected chi connectivity index (χ3v) is 4.05. The summed E-state index contributed by atoms with van der Waals surface area (Å²) in [6, 6.07) is 2.98. The number of hydrogen-bond acceptors (Lipinski definition) is 4. The van der Waals surface area contributed by atoms with Crippen LogP contribution in [-0.2, 0) is 9.59 Å². The number of carbonyl (C=O) groups excluding carboxylic acids is 3. The highest BCUT2D eigenvalue weighted by atomic mass is 16.3. The summed E-state index contributed by atoms with van der Waals surface area (Å²) in [5.74, 6) is 1.16. The zero-order valence-corrected chi connectivity index (χ0v) is 12.1. The van der Waals surface area contributed by atoms with Crippen LogP contribution in [0.15, 0.2) is 22.1 Å². The summed E-state index contributed by atoms with van der Waals surface area (Å²) in [6.45, 7) is 2.15. The lowest BCUT2D eigenvalue weighted by atomic mass is 10.1. The van der Waals surface area contributed by atoms with Crippen LogP contribution in [0.3, 0.4) is 0 Å². The van der Waals surface area contributed by atoms with E-state index in [0.29, 0.717) is 17.6 Å². The van der Waals surface area contributed by atoms with Gasteiger partial charge in [-0.2, -0.15) is 0 Å². The standard InChI is InChI=1S/C15H16N2O4/c1-8-6-10(8)12-5-4-9(21-12)7-11-13(18)16(2)15(20)17(3)14(11)19/h4-5,7-8,10H,6H2,1-3H3/t8-,10+/m0/s1. The molecule has 110 valence electrons. The van der Waals surface area contributed by atoms with Gasteiger partial charge in [-0.1, -0.05) is 6.92 Å². The van der Waals surface area contributed by atoms with E-state index in [1.54, 1.807) is 6.07 Å². The third-order valence-electron chi connectivity index (χ3n) is 4.05. The van der Waals surface area contributed by atoms with E-state index in [2.05, 4.69) is 6.92 Å². The first kappa shape index (κ1) is 13.6. The van der Waals surface area contributed by atoms with Gasteiger partial charge in [0.2, 0.25) is 0 Å². The van der Waals surface area contributed by atoms with Gasteiger partial charge < -0.3 is 4.42 Å². The van der Waals surface area contributed by atoms with Crippen LogP contribution >= 0.6 is 0 Å². The van der Waals surface area contributed by atoms with Gasteiger partial charge in [0.25, 0.3) is 11.8 Å². The normalized spacial score (nSPS) is 25.7. The van der Waals surface area contributed by atoms with Crippen molar-refractivity contribution in [3.63, 3.8) is 0 Å². The largest absolute Gasteiger partial charge is 0.461 e. The van der Waals surface area contributed by atoms with Crippen molar-refractivity contribution >= 4 is 23.9 Å². The molecular formula is C15H16N2O4. The molecule has 0 bridgehead atoms. The second-order valence-corrected chi connectivity index (χ2v) is 5.63. The second-order valence-electron chi connectivity index (χ2n) is 5.63. The fourth-order valence-electron chi connectivity index (χ4n) is 2.48. The van der Waals surface area contributed by atoms with Crippen LogP contribution in [-0.4, -0.2) is 41.7 Å². The van der Waals surface area contributed by atoms with E-state index >= 15 is 0 Å². The van der Waals surface area contributed by atoms with Gasteiger partial charge in [0.1, 0.15) is 17.1 Å². The van der Waals surface area contributed by atoms with E-state index in [1.807, 2.05) is 6.07 Å². The van der Waals surface area contributed by atoms with E-state index in [1.165, 1.54) is 20.2 Å². The highest BCUT2D eigenvalue weighted by molar-refractivity contribution is 6.30. The Bertz CT molecular complexity index is 647. The Morgan fingerprint density at radius 2 is 1.71 bits per heavy atom. The average molecular weight is 288 g/mol. The minimum absolute atomic E-state index is 0.0654. The Kier molecular flexibility index (Phi) is 2.97. The Balaban J connectivity index is 1.90. The van der Waals surface area contributed by atoms with Gasteiger partial charge in [-0.3, -0.25) is 19.4 Å². The molecule has 1 aliphatic carbocycles. The zero-order valence-electron chi connectivity index (χ0n) is 12.1. The van der Waals surface area contributed by atoms with Gasteiger partial charge in [0, 0.05) is 20.0 Å². The maximum absolute atomic E-state index is 12.0. The van der Waals surface area contributed by atoms with Crippen molar-refractivity contribution < 1.29 is 18.8 Å². The first-order valence-corrected chi connectivity index (χ1v) is 6.81. The molecule has 0 spiro atoms. The molecule has 2 atom stereocenters. The maximum atomic E-state index is 12.0. The van der Waals surface area contributed by atoms with Crippen molar-refractivity contribution in [1.29, 1.82) is 0 Å². The fraction of sp³-hybridized carbons (Fsp3) is 0.400. The predicted octanol–water partition coefficient (Wildman–Crippen LogP) is 1.84. The van der Waals surface area contributed by atoms with E-state index in [4.69, 9.17) is 4.42 Å². The molecular weight excluding hydrogens is 272 g/mol. The number of imide groups is 2. The summed E-state index contributed by atoms with van der Waals surface area (Å²) >= 11 is 0.